The van der Waals surface area contributed by atoms with Gasteiger partial charge in [-0.2, -0.15) is 0 Å². The normalized spacial score (nSPS) is 11.4. The topological polar surface area (TPSA) is 126 Å². The van der Waals surface area contributed by atoms with Gasteiger partial charge in [0.1, 0.15) is 23.0 Å². The molecule has 0 aliphatic rings. The lowest BCUT2D eigenvalue weighted by atomic mass is 10.1. The Morgan fingerprint density at radius 3 is 2.63 bits per heavy atom. The number of nitrogens with zero attached hydrogens (tertiary/aromatic N) is 8. The average molecular weight is 472 g/mol. The number of rotatable bonds is 8. The Bertz CT molecular complexity index is 1450. The first-order valence-corrected chi connectivity index (χ1v) is 10.4. The molecule has 0 N–H and O–H groups in total. The maximum Gasteiger partial charge on any atom is 0.266 e. The van der Waals surface area contributed by atoms with Crippen LogP contribution in [0.4, 0.5) is 4.39 Å². The molecule has 0 fully saturated rings. The van der Waals surface area contributed by atoms with E-state index < -0.39 is 0 Å². The van der Waals surface area contributed by atoms with E-state index in [2.05, 4.69) is 35.9 Å². The maximum atomic E-state index is 13.3. The van der Waals surface area contributed by atoms with Gasteiger partial charge in [-0.1, -0.05) is 41.6 Å². The van der Waals surface area contributed by atoms with Crippen molar-refractivity contribution >= 4 is 5.71 Å². The van der Waals surface area contributed by atoms with E-state index in [1.807, 2.05) is 30.3 Å². The van der Waals surface area contributed by atoms with Crippen LogP contribution in [0.3, 0.4) is 0 Å². The molecule has 0 amide bonds. The number of aryl methyl sites for hydroxylation is 1. The van der Waals surface area contributed by atoms with Crippen molar-refractivity contribution in [1.29, 1.82) is 0 Å². The second-order valence-electron chi connectivity index (χ2n) is 7.14. The van der Waals surface area contributed by atoms with Crippen LogP contribution in [0.1, 0.15) is 17.3 Å². The molecule has 0 radical (unpaired) electrons. The Balaban J connectivity index is 1.26. The summed E-state index contributed by atoms with van der Waals surface area (Å²) in [6.07, 6.45) is 1.48. The van der Waals surface area contributed by atoms with Crippen molar-refractivity contribution in [3.05, 3.63) is 96.0 Å². The molecule has 5 aromatic rings. The number of hydrogen-bond acceptors (Lipinski definition) is 10. The number of tetrazole rings is 1. The molecule has 0 aliphatic heterocycles. The van der Waals surface area contributed by atoms with Crippen LogP contribution >= 0.6 is 0 Å². The summed E-state index contributed by atoms with van der Waals surface area (Å²) in [7, 11) is 1.71. The summed E-state index contributed by atoms with van der Waals surface area (Å²) in [5.41, 5.74) is 1.67. The van der Waals surface area contributed by atoms with Gasteiger partial charge in [-0.05, 0) is 34.7 Å². The second-order valence-corrected chi connectivity index (χ2v) is 7.14. The van der Waals surface area contributed by atoms with E-state index in [4.69, 9.17) is 14.0 Å². The van der Waals surface area contributed by atoms with Gasteiger partial charge in [-0.15, -0.1) is 15.3 Å². The van der Waals surface area contributed by atoms with Gasteiger partial charge >= 0.3 is 0 Å². The molecule has 11 nitrogen and oxygen atoms in total. The molecule has 0 spiro atoms. The molecule has 174 valence electrons. The van der Waals surface area contributed by atoms with Crippen molar-refractivity contribution in [1.82, 2.24) is 35.4 Å². The van der Waals surface area contributed by atoms with E-state index in [0.29, 0.717) is 28.7 Å². The summed E-state index contributed by atoms with van der Waals surface area (Å²) in [6.45, 7) is -0.0740. The SMILES string of the molecule is Cn1nnnc1/C(=N\OCc1nnc(-c2ccc(Oc3cccc(F)c3)cn2)o1)c1ccccc1. The molecule has 0 bridgehead atoms. The fourth-order valence-corrected chi connectivity index (χ4v) is 3.05. The zero-order valence-corrected chi connectivity index (χ0v) is 18.3. The fraction of sp³-hybridized carbons (Fsp3) is 0.0870. The molecule has 3 heterocycles. The van der Waals surface area contributed by atoms with E-state index in [-0.39, 0.29) is 24.2 Å². The predicted molar refractivity (Wildman–Crippen MR) is 120 cm³/mol. The molecule has 2 aromatic carbocycles. The smallest absolute Gasteiger partial charge is 0.266 e. The van der Waals surface area contributed by atoms with Gasteiger partial charge in [-0.3, -0.25) is 0 Å². The lowest BCUT2D eigenvalue weighted by molar-refractivity contribution is 0.111. The highest BCUT2D eigenvalue weighted by atomic mass is 19.1. The van der Waals surface area contributed by atoms with Crippen molar-refractivity contribution in [3.63, 3.8) is 0 Å². The lowest BCUT2D eigenvalue weighted by Gasteiger charge is -2.05. The number of ether oxygens (including phenoxy) is 1. The quantitative estimate of drug-likeness (QED) is 0.246. The van der Waals surface area contributed by atoms with Gasteiger partial charge in [0, 0.05) is 18.7 Å². The molecule has 0 unspecified atom stereocenters. The summed E-state index contributed by atoms with van der Waals surface area (Å²) in [5.74, 6) is 1.25. The van der Waals surface area contributed by atoms with Crippen LogP contribution in [0.25, 0.3) is 11.6 Å². The van der Waals surface area contributed by atoms with Gasteiger partial charge in [0.2, 0.25) is 5.82 Å². The largest absolute Gasteiger partial charge is 0.456 e. The van der Waals surface area contributed by atoms with Gasteiger partial charge in [0.25, 0.3) is 11.8 Å². The molecule has 35 heavy (non-hydrogen) atoms. The van der Waals surface area contributed by atoms with E-state index in [1.54, 1.807) is 31.3 Å². The fourth-order valence-electron chi connectivity index (χ4n) is 3.05. The van der Waals surface area contributed by atoms with Gasteiger partial charge in [0.05, 0.1) is 6.20 Å². The molecule has 0 saturated heterocycles. The first-order valence-electron chi connectivity index (χ1n) is 10.4. The van der Waals surface area contributed by atoms with E-state index >= 15 is 0 Å². The molecule has 12 heteroatoms. The van der Waals surface area contributed by atoms with Crippen LogP contribution < -0.4 is 4.74 Å². The Morgan fingerprint density at radius 1 is 1.00 bits per heavy atom. The van der Waals surface area contributed by atoms with Crippen molar-refractivity contribution < 1.29 is 18.4 Å². The summed E-state index contributed by atoms with van der Waals surface area (Å²) in [4.78, 5) is 9.74. The van der Waals surface area contributed by atoms with Crippen LogP contribution in [0, 0.1) is 5.82 Å². The zero-order valence-electron chi connectivity index (χ0n) is 18.3. The Morgan fingerprint density at radius 2 is 1.89 bits per heavy atom. The molecular weight excluding hydrogens is 455 g/mol. The van der Waals surface area contributed by atoms with Crippen LogP contribution in [0.2, 0.25) is 0 Å². The van der Waals surface area contributed by atoms with Crippen molar-refractivity contribution in [2.75, 3.05) is 0 Å². The molecule has 0 aliphatic carbocycles. The van der Waals surface area contributed by atoms with Gasteiger partial charge in [0.15, 0.2) is 12.3 Å². The van der Waals surface area contributed by atoms with Crippen LogP contribution in [0.15, 0.2) is 82.5 Å². The minimum atomic E-state index is -0.388. The first kappa shape index (κ1) is 21.8. The highest BCUT2D eigenvalue weighted by Gasteiger charge is 2.16. The zero-order chi connectivity index (χ0) is 24.0. The Kier molecular flexibility index (Phi) is 6.15. The number of hydrogen-bond donors (Lipinski definition) is 0. The van der Waals surface area contributed by atoms with E-state index in [0.717, 1.165) is 5.56 Å². The maximum absolute atomic E-state index is 13.3. The lowest BCUT2D eigenvalue weighted by Crippen LogP contribution is -2.12. The minimum absolute atomic E-state index is 0.0740. The van der Waals surface area contributed by atoms with Gasteiger partial charge in [-0.25, -0.2) is 14.1 Å². The predicted octanol–water partition coefficient (Wildman–Crippen LogP) is 3.56. The Labute approximate surface area is 197 Å². The number of oxime groups is 1. The Hall–Kier alpha value is -5.00. The number of benzene rings is 2. The number of pyridine rings is 1. The van der Waals surface area contributed by atoms with Crippen molar-refractivity contribution in [3.8, 4) is 23.1 Å². The summed E-state index contributed by atoms with van der Waals surface area (Å²) < 4.78 is 26.0. The molecular formula is C23H17FN8O3. The molecule has 3 aromatic heterocycles. The highest BCUT2D eigenvalue weighted by Crippen LogP contribution is 2.24. The van der Waals surface area contributed by atoms with Gasteiger partial charge < -0.3 is 14.0 Å². The summed E-state index contributed by atoms with van der Waals surface area (Å²) in [6, 6.07) is 18.5. The van der Waals surface area contributed by atoms with Crippen LogP contribution in [-0.4, -0.2) is 41.1 Å². The van der Waals surface area contributed by atoms with E-state index in [1.165, 1.54) is 23.0 Å². The first-order chi connectivity index (χ1) is 17.2. The average Bonchev–Trinajstić information content (AvgIpc) is 3.52. The number of aromatic nitrogens is 7. The minimum Gasteiger partial charge on any atom is -0.456 e. The third-order valence-electron chi connectivity index (χ3n) is 4.68. The van der Waals surface area contributed by atoms with Crippen molar-refractivity contribution in [2.24, 2.45) is 12.2 Å². The molecule has 0 atom stereocenters. The van der Waals surface area contributed by atoms with Crippen molar-refractivity contribution in [2.45, 2.75) is 6.61 Å². The third-order valence-corrected chi connectivity index (χ3v) is 4.68. The van der Waals surface area contributed by atoms with Crippen LogP contribution in [0.5, 0.6) is 11.5 Å². The second kappa shape index (κ2) is 9.87. The standard InChI is InChI=1S/C23H17FN8O3/c1-32-22(27-30-31-32)21(15-6-3-2-4-7-15)29-33-14-20-26-28-23(35-20)19-11-10-18(13-25-19)34-17-9-5-8-16(24)12-17/h2-13H,14H2,1H3/b29-21-. The van der Waals surface area contributed by atoms with Crippen LogP contribution in [-0.2, 0) is 18.5 Å². The monoisotopic (exact) mass is 472 g/mol. The third kappa shape index (κ3) is 5.16. The molecule has 0 saturated carbocycles. The number of halogens is 1. The summed E-state index contributed by atoms with van der Waals surface area (Å²) >= 11 is 0. The van der Waals surface area contributed by atoms with E-state index in [9.17, 15) is 4.39 Å². The summed E-state index contributed by atoms with van der Waals surface area (Å²) in [5, 5.41) is 23.7. The molecule has 5 rings (SSSR count). The highest BCUT2D eigenvalue weighted by molar-refractivity contribution is 6.10.